The highest BCUT2D eigenvalue weighted by Gasteiger charge is 2.53. The quantitative estimate of drug-likeness (QED) is 0.542. The van der Waals surface area contributed by atoms with Gasteiger partial charge in [0.15, 0.2) is 6.20 Å². The van der Waals surface area contributed by atoms with E-state index in [-0.39, 0.29) is 24.8 Å². The molecule has 2 aromatic rings. The van der Waals surface area contributed by atoms with Crippen molar-refractivity contribution in [1.29, 1.82) is 0 Å². The van der Waals surface area contributed by atoms with Crippen LogP contribution in [0.3, 0.4) is 0 Å². The minimum absolute atomic E-state index is 0.178. The Balaban J connectivity index is 2.15. The summed E-state index contributed by atoms with van der Waals surface area (Å²) in [7, 11) is 0. The predicted octanol–water partition coefficient (Wildman–Crippen LogP) is 3.61. The van der Waals surface area contributed by atoms with Crippen LogP contribution in [0.4, 0.5) is 0 Å². The molecule has 1 aliphatic rings. The zero-order valence-corrected chi connectivity index (χ0v) is 17.1. The molecule has 1 aromatic carbocycles. The van der Waals surface area contributed by atoms with Gasteiger partial charge >= 0.3 is 11.9 Å². The lowest BCUT2D eigenvalue weighted by molar-refractivity contribution is -0.739. The molecule has 5 nitrogen and oxygen atoms in total. The molecular weight excluding hydrogens is 354 g/mol. The van der Waals surface area contributed by atoms with Gasteiger partial charge in [-0.2, -0.15) is 4.57 Å². The van der Waals surface area contributed by atoms with Gasteiger partial charge in [-0.1, -0.05) is 11.6 Å². The van der Waals surface area contributed by atoms with E-state index in [1.807, 2.05) is 13.8 Å². The number of nitrogens with zero attached hydrogens (tertiary/aromatic N) is 1. The van der Waals surface area contributed by atoms with Crippen molar-refractivity contribution in [1.82, 2.24) is 0 Å². The van der Waals surface area contributed by atoms with Gasteiger partial charge in [-0.05, 0) is 45.9 Å². The van der Waals surface area contributed by atoms with E-state index in [1.165, 1.54) is 0 Å². The normalized spacial score (nSPS) is 17.0. The lowest BCUT2D eigenvalue weighted by Gasteiger charge is -2.25. The Morgan fingerprint density at radius 2 is 1.64 bits per heavy atom. The number of rotatable bonds is 7. The van der Waals surface area contributed by atoms with Gasteiger partial charge in [-0.15, -0.1) is 0 Å². The summed E-state index contributed by atoms with van der Waals surface area (Å²) in [5, 5.41) is 0. The third-order valence-corrected chi connectivity index (χ3v) is 5.30. The molecule has 0 fully saturated rings. The molecule has 3 rings (SSSR count). The first-order valence-electron chi connectivity index (χ1n) is 9.87. The number of esters is 2. The third kappa shape index (κ3) is 3.66. The van der Waals surface area contributed by atoms with Crippen LogP contribution >= 0.6 is 0 Å². The molecule has 0 N–H and O–H groups in total. The molecule has 0 amide bonds. The second-order valence-electron chi connectivity index (χ2n) is 7.33. The summed E-state index contributed by atoms with van der Waals surface area (Å²) in [6, 6.07) is 10.5. The highest BCUT2D eigenvalue weighted by atomic mass is 16.5. The first-order valence-corrected chi connectivity index (χ1v) is 9.87. The van der Waals surface area contributed by atoms with Crippen molar-refractivity contribution < 1.29 is 23.6 Å². The van der Waals surface area contributed by atoms with E-state index in [4.69, 9.17) is 9.47 Å². The summed E-state index contributed by atoms with van der Waals surface area (Å²) in [5.74, 6) is -0.512. The maximum absolute atomic E-state index is 12.6. The topological polar surface area (TPSA) is 56.5 Å². The van der Waals surface area contributed by atoms with Crippen molar-refractivity contribution >= 4 is 11.9 Å². The molecule has 1 unspecified atom stereocenters. The number of hydrogen-bond acceptors (Lipinski definition) is 4. The van der Waals surface area contributed by atoms with E-state index >= 15 is 0 Å². The average Bonchev–Trinajstić information content (AvgIpc) is 2.90. The van der Waals surface area contributed by atoms with Crippen LogP contribution in [0.25, 0.3) is 11.3 Å². The number of pyridine rings is 1. The van der Waals surface area contributed by atoms with Gasteiger partial charge in [-0.3, -0.25) is 9.59 Å². The van der Waals surface area contributed by atoms with Crippen LogP contribution < -0.4 is 4.57 Å². The summed E-state index contributed by atoms with van der Waals surface area (Å²) in [4.78, 5) is 24.8. The minimum atomic E-state index is -0.665. The number of aryl methyl sites for hydroxylation is 2. The smallest absolute Gasteiger partial charge is 0.313 e. The summed E-state index contributed by atoms with van der Waals surface area (Å²) >= 11 is 0. The second kappa shape index (κ2) is 8.13. The van der Waals surface area contributed by atoms with Crippen LogP contribution in [0.5, 0.6) is 0 Å². The first kappa shape index (κ1) is 20.1. The maximum Gasteiger partial charge on any atom is 0.313 e. The molecule has 0 bridgehead atoms. The van der Waals surface area contributed by atoms with E-state index in [9.17, 15) is 9.59 Å². The van der Waals surface area contributed by atoms with Crippen molar-refractivity contribution in [3.8, 4) is 11.3 Å². The Morgan fingerprint density at radius 1 is 0.964 bits per heavy atom. The van der Waals surface area contributed by atoms with Crippen LogP contribution in [0, 0.1) is 13.8 Å². The van der Waals surface area contributed by atoms with Gasteiger partial charge in [0.1, 0.15) is 6.42 Å². The number of aromatic nitrogens is 1. The van der Waals surface area contributed by atoms with Gasteiger partial charge in [0.25, 0.3) is 0 Å². The largest absolute Gasteiger partial charge is 0.466 e. The Morgan fingerprint density at radius 3 is 2.36 bits per heavy atom. The zero-order valence-electron chi connectivity index (χ0n) is 17.1. The van der Waals surface area contributed by atoms with E-state index in [2.05, 4.69) is 41.1 Å². The fourth-order valence-corrected chi connectivity index (χ4v) is 4.09. The fourth-order valence-electron chi connectivity index (χ4n) is 4.09. The van der Waals surface area contributed by atoms with E-state index < -0.39 is 5.54 Å². The molecule has 148 valence electrons. The second-order valence-corrected chi connectivity index (χ2v) is 7.33. The average molecular weight is 382 g/mol. The standard InChI is InChI=1S/C23H28NO4/c1-5-27-21(25)11-12-23(14-22(26)28-6-2)19-13-16(3)7-9-18(19)20-10-8-17(4)15-24(20)23/h7-10,13,15H,5-6,11-12,14H2,1-4H3/q+1. The Kier molecular flexibility index (Phi) is 5.82. The molecular formula is C23H28NO4+. The van der Waals surface area contributed by atoms with E-state index in [1.54, 1.807) is 13.8 Å². The van der Waals surface area contributed by atoms with Gasteiger partial charge < -0.3 is 9.47 Å². The van der Waals surface area contributed by atoms with E-state index in [0.29, 0.717) is 19.6 Å². The molecule has 0 saturated heterocycles. The number of carbonyl (C=O) groups is 2. The van der Waals surface area contributed by atoms with Crippen LogP contribution in [0.1, 0.15) is 49.8 Å². The number of carbonyl (C=O) groups excluding carboxylic acids is 2. The third-order valence-electron chi connectivity index (χ3n) is 5.30. The highest BCUT2D eigenvalue weighted by Crippen LogP contribution is 2.43. The number of benzene rings is 1. The molecule has 0 radical (unpaired) electrons. The fraction of sp³-hybridized carbons (Fsp3) is 0.435. The van der Waals surface area contributed by atoms with Gasteiger partial charge in [0.2, 0.25) is 11.2 Å². The molecule has 5 heteroatoms. The van der Waals surface area contributed by atoms with Gasteiger partial charge in [0.05, 0.1) is 25.2 Å². The highest BCUT2D eigenvalue weighted by molar-refractivity contribution is 5.75. The van der Waals surface area contributed by atoms with Crippen molar-refractivity contribution in [3.05, 3.63) is 53.2 Å². The number of ether oxygens (including phenoxy) is 2. The Labute approximate surface area is 166 Å². The predicted molar refractivity (Wildman–Crippen MR) is 106 cm³/mol. The van der Waals surface area contributed by atoms with E-state index in [0.717, 1.165) is 27.9 Å². The molecule has 1 atom stereocenters. The number of fused-ring (bicyclic) bond motifs is 3. The molecule has 0 spiro atoms. The lowest BCUT2D eigenvalue weighted by atomic mass is 9.81. The summed E-state index contributed by atoms with van der Waals surface area (Å²) in [5.41, 5.74) is 4.76. The summed E-state index contributed by atoms with van der Waals surface area (Å²) in [6.45, 7) is 8.36. The van der Waals surface area contributed by atoms with Crippen LogP contribution in [-0.2, 0) is 24.6 Å². The summed E-state index contributed by atoms with van der Waals surface area (Å²) < 4.78 is 12.6. The molecule has 1 aliphatic heterocycles. The minimum Gasteiger partial charge on any atom is -0.466 e. The van der Waals surface area contributed by atoms with Crippen LogP contribution in [-0.4, -0.2) is 25.2 Å². The molecule has 28 heavy (non-hydrogen) atoms. The van der Waals surface area contributed by atoms with Gasteiger partial charge in [-0.25, -0.2) is 0 Å². The summed E-state index contributed by atoms with van der Waals surface area (Å²) in [6.07, 6.45) is 2.95. The van der Waals surface area contributed by atoms with Crippen LogP contribution in [0.15, 0.2) is 36.5 Å². The zero-order chi connectivity index (χ0) is 20.3. The van der Waals surface area contributed by atoms with Gasteiger partial charge in [0, 0.05) is 23.6 Å². The SMILES string of the molecule is CCOC(=O)CCC1(CC(=O)OCC)c2cc(C)ccc2-c2ccc(C)c[n+]21. The van der Waals surface area contributed by atoms with Crippen LogP contribution in [0.2, 0.25) is 0 Å². The van der Waals surface area contributed by atoms with Crippen molar-refractivity contribution in [3.63, 3.8) is 0 Å². The maximum atomic E-state index is 12.6. The Bertz CT molecular complexity index is 852. The monoisotopic (exact) mass is 382 g/mol. The van der Waals surface area contributed by atoms with Crippen molar-refractivity contribution in [2.45, 2.75) is 52.5 Å². The molecule has 0 saturated carbocycles. The lowest BCUT2D eigenvalue weighted by Crippen LogP contribution is -2.56. The first-order chi connectivity index (χ1) is 13.4. The van der Waals surface area contributed by atoms with Crippen molar-refractivity contribution in [2.24, 2.45) is 0 Å². The Hall–Kier alpha value is -2.69. The van der Waals surface area contributed by atoms with Crippen molar-refractivity contribution in [2.75, 3.05) is 13.2 Å². The number of hydrogen-bond donors (Lipinski definition) is 0. The molecule has 1 aromatic heterocycles. The molecule has 2 heterocycles. The molecule has 0 aliphatic carbocycles.